The lowest BCUT2D eigenvalue weighted by Crippen LogP contribution is -1.91. The molecule has 0 aromatic carbocycles. The predicted molar refractivity (Wildman–Crippen MR) is 48.2 cm³/mol. The van der Waals surface area contributed by atoms with Crippen LogP contribution in [0.4, 0.5) is 0 Å². The predicted octanol–water partition coefficient (Wildman–Crippen LogP) is 2.62. The van der Waals surface area contributed by atoms with E-state index < -0.39 is 0 Å². The second kappa shape index (κ2) is 2.42. The minimum Gasteiger partial charge on any atom is -0.361 e. The highest BCUT2D eigenvalue weighted by atomic mass is 14.7. The molecule has 0 aliphatic heterocycles. The van der Waals surface area contributed by atoms with E-state index in [9.17, 15) is 0 Å². The summed E-state index contributed by atoms with van der Waals surface area (Å²) in [6.45, 7) is 3.77. The molecule has 0 unspecified atom stereocenters. The number of aromatic amines is 1. The van der Waals surface area contributed by atoms with Gasteiger partial charge in [0.1, 0.15) is 0 Å². The van der Waals surface area contributed by atoms with Crippen LogP contribution in [0.3, 0.4) is 0 Å². The zero-order valence-corrected chi connectivity index (χ0v) is 6.43. The van der Waals surface area contributed by atoms with Crippen LogP contribution in [0, 0.1) is 0 Å². The smallest absolute Gasteiger partial charge is 0.0415 e. The van der Waals surface area contributed by atoms with Gasteiger partial charge in [-0.25, -0.2) is 0 Å². The number of aromatic nitrogens is 1. The van der Waals surface area contributed by atoms with E-state index in [0.29, 0.717) is 0 Å². The lowest BCUT2D eigenvalue weighted by molar-refractivity contribution is 0.983. The summed E-state index contributed by atoms with van der Waals surface area (Å²) in [6, 6.07) is 0. The summed E-state index contributed by atoms with van der Waals surface area (Å²) in [7, 11) is 0. The summed E-state index contributed by atoms with van der Waals surface area (Å²) < 4.78 is 0. The Bertz CT molecular complexity index is 305. The number of nitrogens with one attached hydrogen (secondary N) is 1. The number of fused-ring (bicyclic) bond motifs is 1. The Labute approximate surface area is 66.4 Å². The summed E-state index contributed by atoms with van der Waals surface area (Å²) in [5, 5.41) is 0. The first-order valence-corrected chi connectivity index (χ1v) is 3.91. The molecule has 11 heavy (non-hydrogen) atoms. The van der Waals surface area contributed by atoms with Crippen molar-refractivity contribution in [3.8, 4) is 0 Å². The monoisotopic (exact) mass is 145 g/mol. The van der Waals surface area contributed by atoms with Crippen LogP contribution in [-0.4, -0.2) is 4.98 Å². The average Bonchev–Trinajstić information content (AvgIpc) is 2.47. The quantitative estimate of drug-likeness (QED) is 0.625. The molecule has 1 N–H and O–H groups in total. The van der Waals surface area contributed by atoms with Crippen molar-refractivity contribution in [1.29, 1.82) is 0 Å². The molecule has 1 heterocycles. The van der Waals surface area contributed by atoms with Gasteiger partial charge in [0.2, 0.25) is 0 Å². The van der Waals surface area contributed by atoms with Crippen LogP contribution in [-0.2, 0) is 6.42 Å². The van der Waals surface area contributed by atoms with Gasteiger partial charge in [-0.05, 0) is 30.0 Å². The first-order chi connectivity index (χ1) is 5.42. The van der Waals surface area contributed by atoms with E-state index in [1.165, 1.54) is 16.8 Å². The average molecular weight is 145 g/mol. The molecule has 1 aromatic rings. The number of H-pyrrole nitrogens is 1. The molecule has 1 aliphatic rings. The van der Waals surface area contributed by atoms with E-state index in [2.05, 4.69) is 23.7 Å². The van der Waals surface area contributed by atoms with Crippen LogP contribution >= 0.6 is 0 Å². The topological polar surface area (TPSA) is 15.8 Å². The molecule has 0 radical (unpaired) electrons. The van der Waals surface area contributed by atoms with Crippen molar-refractivity contribution in [1.82, 2.24) is 4.98 Å². The van der Waals surface area contributed by atoms with Crippen LogP contribution < -0.4 is 0 Å². The first kappa shape index (κ1) is 6.47. The van der Waals surface area contributed by atoms with Gasteiger partial charge in [0.25, 0.3) is 0 Å². The number of rotatable bonds is 1. The first-order valence-electron chi connectivity index (χ1n) is 3.91. The highest BCUT2D eigenvalue weighted by Gasteiger charge is 2.08. The highest BCUT2D eigenvalue weighted by Crippen LogP contribution is 2.22. The fraction of sp³-hybridized carbons (Fsp3) is 0.200. The van der Waals surface area contributed by atoms with Crippen LogP contribution in [0.5, 0.6) is 0 Å². The molecule has 1 nitrogen and oxygen atoms in total. The summed E-state index contributed by atoms with van der Waals surface area (Å²) in [5.41, 5.74) is 3.93. The van der Waals surface area contributed by atoms with Crippen molar-refractivity contribution in [2.75, 3.05) is 0 Å². The zero-order chi connectivity index (χ0) is 7.68. The summed E-state index contributed by atoms with van der Waals surface area (Å²) in [4.78, 5) is 3.22. The van der Waals surface area contributed by atoms with Crippen LogP contribution in [0.25, 0.3) is 12.2 Å². The molecular weight excluding hydrogens is 134 g/mol. The van der Waals surface area contributed by atoms with Crippen molar-refractivity contribution >= 4 is 12.2 Å². The molecule has 0 fully saturated rings. The fourth-order valence-corrected chi connectivity index (χ4v) is 1.52. The van der Waals surface area contributed by atoms with Crippen molar-refractivity contribution in [2.45, 2.75) is 12.8 Å². The Kier molecular flexibility index (Phi) is 1.42. The third kappa shape index (κ3) is 0.929. The van der Waals surface area contributed by atoms with Gasteiger partial charge in [-0.15, -0.1) is 0 Å². The second-order valence-electron chi connectivity index (χ2n) is 2.78. The Morgan fingerprint density at radius 2 is 2.45 bits per heavy atom. The van der Waals surface area contributed by atoms with Gasteiger partial charge in [0.15, 0.2) is 0 Å². The minimum absolute atomic E-state index is 1.15. The maximum absolute atomic E-state index is 3.77. The summed E-state index contributed by atoms with van der Waals surface area (Å²) in [5.74, 6) is 0. The molecule has 0 spiro atoms. The second-order valence-corrected chi connectivity index (χ2v) is 2.78. The molecule has 0 atom stereocenters. The lowest BCUT2D eigenvalue weighted by Gasteiger charge is -2.04. The standard InChI is InChI=1S/C10H11N/c1-2-8-7-11-10-6-4-3-5-9(8)10/h2,4,6-7,11H,1,3,5H2. The van der Waals surface area contributed by atoms with Gasteiger partial charge < -0.3 is 4.98 Å². The number of allylic oxidation sites excluding steroid dienone is 1. The van der Waals surface area contributed by atoms with Gasteiger partial charge in [-0.3, -0.25) is 0 Å². The van der Waals surface area contributed by atoms with Crippen LogP contribution in [0.1, 0.15) is 23.2 Å². The maximum Gasteiger partial charge on any atom is 0.0415 e. The Morgan fingerprint density at radius 1 is 1.55 bits per heavy atom. The SMILES string of the molecule is C=Cc1c[nH]c2c1CCC=C2. The molecule has 1 aromatic heterocycles. The van der Waals surface area contributed by atoms with E-state index in [4.69, 9.17) is 0 Å². The van der Waals surface area contributed by atoms with Gasteiger partial charge in [0, 0.05) is 11.9 Å². The molecule has 0 amide bonds. The molecule has 2 rings (SSSR count). The molecule has 1 heteroatoms. The van der Waals surface area contributed by atoms with E-state index in [1.54, 1.807) is 0 Å². The van der Waals surface area contributed by atoms with Crippen molar-refractivity contribution in [2.24, 2.45) is 0 Å². The Balaban J connectivity index is 2.55. The van der Waals surface area contributed by atoms with Gasteiger partial charge in [-0.2, -0.15) is 0 Å². The third-order valence-electron chi connectivity index (χ3n) is 2.12. The molecule has 1 aliphatic carbocycles. The van der Waals surface area contributed by atoms with Gasteiger partial charge in [0.05, 0.1) is 0 Å². The van der Waals surface area contributed by atoms with Crippen LogP contribution in [0.15, 0.2) is 18.9 Å². The normalized spacial score (nSPS) is 14.5. The van der Waals surface area contributed by atoms with Crippen molar-refractivity contribution in [3.05, 3.63) is 35.7 Å². The highest BCUT2D eigenvalue weighted by molar-refractivity contribution is 5.62. The fourth-order valence-electron chi connectivity index (χ4n) is 1.52. The van der Waals surface area contributed by atoms with E-state index in [1.807, 2.05) is 12.3 Å². The zero-order valence-electron chi connectivity index (χ0n) is 6.43. The number of hydrogen-bond acceptors (Lipinski definition) is 0. The van der Waals surface area contributed by atoms with Gasteiger partial charge in [-0.1, -0.05) is 18.7 Å². The maximum atomic E-state index is 3.77. The van der Waals surface area contributed by atoms with E-state index >= 15 is 0 Å². The largest absolute Gasteiger partial charge is 0.361 e. The number of hydrogen-bond donors (Lipinski definition) is 1. The third-order valence-corrected chi connectivity index (χ3v) is 2.12. The van der Waals surface area contributed by atoms with Crippen LogP contribution in [0.2, 0.25) is 0 Å². The van der Waals surface area contributed by atoms with E-state index in [-0.39, 0.29) is 0 Å². The minimum atomic E-state index is 1.15. The Morgan fingerprint density at radius 3 is 3.27 bits per heavy atom. The molecule has 0 bridgehead atoms. The van der Waals surface area contributed by atoms with Crippen molar-refractivity contribution < 1.29 is 0 Å². The molecule has 0 saturated carbocycles. The lowest BCUT2D eigenvalue weighted by atomic mass is 10.0. The molecule has 56 valence electrons. The van der Waals surface area contributed by atoms with Gasteiger partial charge >= 0.3 is 0 Å². The Hall–Kier alpha value is -1.24. The summed E-state index contributed by atoms with van der Waals surface area (Å²) in [6.07, 6.45) is 10.6. The van der Waals surface area contributed by atoms with E-state index in [0.717, 1.165) is 12.8 Å². The molecule has 0 saturated heterocycles. The van der Waals surface area contributed by atoms with Crippen molar-refractivity contribution in [3.63, 3.8) is 0 Å². The molecular formula is C10H11N. The summed E-state index contributed by atoms with van der Waals surface area (Å²) >= 11 is 0.